The second-order valence-electron chi connectivity index (χ2n) is 5.32. The van der Waals surface area contributed by atoms with Crippen molar-refractivity contribution in [2.24, 2.45) is 0 Å². The number of rotatable bonds is 6. The SMILES string of the molecule is CN(Cc1nc2ccccc2s1)C(=S)NCCSc1ccccc1. The molecule has 0 atom stereocenters. The van der Waals surface area contributed by atoms with Gasteiger partial charge in [0, 0.05) is 24.2 Å². The molecular formula is C18H19N3S3. The molecule has 24 heavy (non-hydrogen) atoms. The zero-order valence-electron chi connectivity index (χ0n) is 13.4. The fourth-order valence-electron chi connectivity index (χ4n) is 2.24. The summed E-state index contributed by atoms with van der Waals surface area (Å²) in [6, 6.07) is 18.6. The average Bonchev–Trinajstić information content (AvgIpc) is 3.01. The van der Waals surface area contributed by atoms with E-state index in [9.17, 15) is 0 Å². The number of para-hydroxylation sites is 1. The van der Waals surface area contributed by atoms with E-state index in [0.29, 0.717) is 0 Å². The van der Waals surface area contributed by atoms with Crippen molar-refractivity contribution in [1.29, 1.82) is 0 Å². The highest BCUT2D eigenvalue weighted by atomic mass is 32.2. The van der Waals surface area contributed by atoms with E-state index >= 15 is 0 Å². The molecule has 3 nitrogen and oxygen atoms in total. The Labute approximate surface area is 156 Å². The lowest BCUT2D eigenvalue weighted by molar-refractivity contribution is 0.490. The minimum atomic E-state index is 0.733. The van der Waals surface area contributed by atoms with Crippen molar-refractivity contribution in [3.05, 3.63) is 59.6 Å². The maximum absolute atomic E-state index is 5.47. The van der Waals surface area contributed by atoms with Crippen LogP contribution in [0, 0.1) is 0 Å². The molecule has 0 radical (unpaired) electrons. The van der Waals surface area contributed by atoms with Gasteiger partial charge in [-0.2, -0.15) is 0 Å². The first-order chi connectivity index (χ1) is 11.7. The van der Waals surface area contributed by atoms with Gasteiger partial charge in [0.2, 0.25) is 0 Å². The lowest BCUT2D eigenvalue weighted by atomic mass is 10.3. The Morgan fingerprint density at radius 1 is 1.17 bits per heavy atom. The Balaban J connectivity index is 1.44. The minimum absolute atomic E-state index is 0.733. The van der Waals surface area contributed by atoms with Crippen LogP contribution in [0.25, 0.3) is 10.2 Å². The Bertz CT molecular complexity index is 768. The second kappa shape index (κ2) is 8.46. The van der Waals surface area contributed by atoms with Crippen LogP contribution in [0.2, 0.25) is 0 Å². The minimum Gasteiger partial charge on any atom is -0.362 e. The van der Waals surface area contributed by atoms with E-state index in [1.54, 1.807) is 11.3 Å². The van der Waals surface area contributed by atoms with Gasteiger partial charge in [-0.25, -0.2) is 4.98 Å². The molecule has 6 heteroatoms. The molecule has 2 aromatic carbocycles. The summed E-state index contributed by atoms with van der Waals surface area (Å²) in [6.07, 6.45) is 0. The van der Waals surface area contributed by atoms with Gasteiger partial charge in [-0.3, -0.25) is 0 Å². The third-order valence-corrected chi connectivity index (χ3v) is 5.94. The van der Waals surface area contributed by atoms with Gasteiger partial charge < -0.3 is 10.2 Å². The summed E-state index contributed by atoms with van der Waals surface area (Å²) in [5.74, 6) is 0.985. The molecule has 3 rings (SSSR count). The molecule has 1 heterocycles. The van der Waals surface area contributed by atoms with E-state index in [1.807, 2.05) is 48.0 Å². The fourth-order valence-corrected chi connectivity index (χ4v) is 4.22. The first-order valence-electron chi connectivity index (χ1n) is 7.73. The quantitative estimate of drug-likeness (QED) is 0.393. The molecule has 0 amide bonds. The molecule has 0 fully saturated rings. The largest absolute Gasteiger partial charge is 0.362 e. The second-order valence-corrected chi connectivity index (χ2v) is 8.00. The predicted octanol–water partition coefficient (Wildman–Crippen LogP) is 4.39. The van der Waals surface area contributed by atoms with Crippen LogP contribution >= 0.6 is 35.3 Å². The first kappa shape index (κ1) is 17.2. The Hall–Kier alpha value is -1.63. The van der Waals surface area contributed by atoms with Crippen LogP contribution in [0.5, 0.6) is 0 Å². The van der Waals surface area contributed by atoms with Crippen LogP contribution < -0.4 is 5.32 Å². The number of thiocarbonyl (C=S) groups is 1. The molecule has 1 N–H and O–H groups in total. The topological polar surface area (TPSA) is 28.2 Å². The Kier molecular flexibility index (Phi) is 6.07. The number of fused-ring (bicyclic) bond motifs is 1. The van der Waals surface area contributed by atoms with E-state index in [1.165, 1.54) is 9.60 Å². The summed E-state index contributed by atoms with van der Waals surface area (Å²) < 4.78 is 1.22. The maximum atomic E-state index is 5.47. The maximum Gasteiger partial charge on any atom is 0.169 e. The highest BCUT2D eigenvalue weighted by molar-refractivity contribution is 7.99. The van der Waals surface area contributed by atoms with Gasteiger partial charge in [-0.15, -0.1) is 23.1 Å². The van der Waals surface area contributed by atoms with Crippen molar-refractivity contribution in [3.63, 3.8) is 0 Å². The van der Waals surface area contributed by atoms with E-state index in [4.69, 9.17) is 12.2 Å². The van der Waals surface area contributed by atoms with Crippen molar-refractivity contribution in [2.45, 2.75) is 11.4 Å². The number of nitrogens with one attached hydrogen (secondary N) is 1. The molecule has 0 aliphatic carbocycles. The summed E-state index contributed by atoms with van der Waals surface area (Å²) in [7, 11) is 2.01. The fraction of sp³-hybridized carbons (Fsp3) is 0.222. The monoisotopic (exact) mass is 373 g/mol. The number of thioether (sulfide) groups is 1. The Morgan fingerprint density at radius 2 is 1.92 bits per heavy atom. The van der Waals surface area contributed by atoms with Crippen LogP contribution in [-0.4, -0.2) is 34.3 Å². The smallest absolute Gasteiger partial charge is 0.169 e. The molecule has 0 unspecified atom stereocenters. The summed E-state index contributed by atoms with van der Waals surface area (Å²) >= 11 is 9.02. The molecule has 0 aliphatic rings. The number of aromatic nitrogens is 1. The van der Waals surface area contributed by atoms with Crippen LogP contribution in [0.15, 0.2) is 59.5 Å². The highest BCUT2D eigenvalue weighted by Crippen LogP contribution is 2.22. The molecule has 0 spiro atoms. The molecule has 1 aromatic heterocycles. The van der Waals surface area contributed by atoms with Gasteiger partial charge in [0.15, 0.2) is 5.11 Å². The number of nitrogens with zero attached hydrogens (tertiary/aromatic N) is 2. The third kappa shape index (κ3) is 4.69. The third-order valence-electron chi connectivity index (χ3n) is 3.45. The molecule has 3 aromatic rings. The van der Waals surface area contributed by atoms with Gasteiger partial charge >= 0.3 is 0 Å². The average molecular weight is 374 g/mol. The summed E-state index contributed by atoms with van der Waals surface area (Å²) in [6.45, 7) is 1.58. The zero-order chi connectivity index (χ0) is 16.8. The molecule has 124 valence electrons. The number of hydrogen-bond acceptors (Lipinski definition) is 4. The van der Waals surface area contributed by atoms with Crippen molar-refractivity contribution < 1.29 is 0 Å². The molecular weight excluding hydrogens is 354 g/mol. The van der Waals surface area contributed by atoms with E-state index < -0.39 is 0 Å². The van der Waals surface area contributed by atoms with Crippen LogP contribution in [0.1, 0.15) is 5.01 Å². The van der Waals surface area contributed by atoms with Crippen molar-refractivity contribution in [1.82, 2.24) is 15.2 Å². The number of benzene rings is 2. The normalized spacial score (nSPS) is 10.7. The number of hydrogen-bond donors (Lipinski definition) is 1. The van der Waals surface area contributed by atoms with Gasteiger partial charge in [0.05, 0.1) is 16.8 Å². The Morgan fingerprint density at radius 3 is 2.71 bits per heavy atom. The lowest BCUT2D eigenvalue weighted by Crippen LogP contribution is -2.37. The van der Waals surface area contributed by atoms with Crippen molar-refractivity contribution in [3.8, 4) is 0 Å². The van der Waals surface area contributed by atoms with E-state index in [0.717, 1.165) is 34.5 Å². The van der Waals surface area contributed by atoms with Crippen LogP contribution in [0.4, 0.5) is 0 Å². The zero-order valence-corrected chi connectivity index (χ0v) is 15.9. The molecule has 0 saturated carbocycles. The van der Waals surface area contributed by atoms with Crippen LogP contribution in [0.3, 0.4) is 0 Å². The van der Waals surface area contributed by atoms with Gasteiger partial charge in [-0.1, -0.05) is 30.3 Å². The lowest BCUT2D eigenvalue weighted by Gasteiger charge is -2.19. The van der Waals surface area contributed by atoms with Crippen molar-refractivity contribution >= 4 is 50.6 Å². The molecule has 0 saturated heterocycles. The molecule has 0 bridgehead atoms. The number of thiazole rings is 1. The summed E-state index contributed by atoms with van der Waals surface area (Å²) in [5.41, 5.74) is 1.06. The van der Waals surface area contributed by atoms with Crippen molar-refractivity contribution in [2.75, 3.05) is 19.3 Å². The van der Waals surface area contributed by atoms with Crippen LogP contribution in [-0.2, 0) is 6.54 Å². The van der Waals surface area contributed by atoms with Gasteiger partial charge in [-0.05, 0) is 36.5 Å². The summed E-state index contributed by atoms with van der Waals surface area (Å²) in [4.78, 5) is 7.98. The standard InChI is InChI=1S/C18H19N3S3/c1-21(13-17-20-15-9-5-6-10-16(15)24-17)18(22)19-11-12-23-14-7-3-2-4-8-14/h2-10H,11-13H2,1H3,(H,19,22). The summed E-state index contributed by atoms with van der Waals surface area (Å²) in [5, 5.41) is 5.17. The highest BCUT2D eigenvalue weighted by Gasteiger charge is 2.09. The van der Waals surface area contributed by atoms with Gasteiger partial charge in [0.1, 0.15) is 5.01 Å². The first-order valence-corrected chi connectivity index (χ1v) is 9.94. The molecule has 0 aliphatic heterocycles. The van der Waals surface area contributed by atoms with E-state index in [2.05, 4.69) is 40.6 Å². The van der Waals surface area contributed by atoms with E-state index in [-0.39, 0.29) is 0 Å². The van der Waals surface area contributed by atoms with Gasteiger partial charge in [0.25, 0.3) is 0 Å². The predicted molar refractivity (Wildman–Crippen MR) is 109 cm³/mol.